The van der Waals surface area contributed by atoms with Crippen molar-refractivity contribution in [3.05, 3.63) is 35.8 Å². The first-order chi connectivity index (χ1) is 8.69. The Morgan fingerprint density at radius 2 is 1.63 bits per heavy atom. The summed E-state index contributed by atoms with van der Waals surface area (Å²) in [4.78, 5) is 8.22. The fourth-order valence-corrected chi connectivity index (χ4v) is 1.41. The van der Waals surface area contributed by atoms with Gasteiger partial charge in [-0.2, -0.15) is 26.3 Å². The van der Waals surface area contributed by atoms with E-state index in [2.05, 4.69) is 9.97 Å². The first-order valence-corrected chi connectivity index (χ1v) is 4.85. The molecular formula is C10H5F6N3. The molecule has 0 bridgehead atoms. The number of aromatic amines is 1. The monoisotopic (exact) mass is 281 g/mol. The average molecular weight is 281 g/mol. The number of hydrogen-bond donors (Lipinski definition) is 1. The molecule has 0 radical (unpaired) electrons. The Morgan fingerprint density at radius 1 is 0.947 bits per heavy atom. The molecule has 2 rings (SSSR count). The second kappa shape index (κ2) is 4.25. The number of nitrogens with zero attached hydrogens (tertiary/aromatic N) is 2. The van der Waals surface area contributed by atoms with E-state index in [1.54, 1.807) is 4.98 Å². The SMILES string of the molecule is FC(F)(F)c1nc(-c2ccccn2)[nH]c1C(F)(F)F. The van der Waals surface area contributed by atoms with E-state index >= 15 is 0 Å². The van der Waals surface area contributed by atoms with E-state index < -0.39 is 29.6 Å². The predicted octanol–water partition coefficient (Wildman–Crippen LogP) is 3.51. The van der Waals surface area contributed by atoms with Crippen LogP contribution in [0.1, 0.15) is 11.4 Å². The highest BCUT2D eigenvalue weighted by Crippen LogP contribution is 2.39. The van der Waals surface area contributed by atoms with E-state index in [0.29, 0.717) is 0 Å². The minimum atomic E-state index is -5.20. The normalized spacial score (nSPS) is 12.7. The lowest BCUT2D eigenvalue weighted by molar-refractivity contribution is -0.165. The van der Waals surface area contributed by atoms with Gasteiger partial charge >= 0.3 is 12.4 Å². The van der Waals surface area contributed by atoms with Crippen molar-refractivity contribution in [3.63, 3.8) is 0 Å². The zero-order chi connectivity index (χ0) is 14.3. The van der Waals surface area contributed by atoms with Gasteiger partial charge in [0.15, 0.2) is 17.2 Å². The number of rotatable bonds is 1. The van der Waals surface area contributed by atoms with Gasteiger partial charge < -0.3 is 4.98 Å². The van der Waals surface area contributed by atoms with E-state index in [1.807, 2.05) is 0 Å². The summed E-state index contributed by atoms with van der Waals surface area (Å²) in [5.41, 5.74) is -4.04. The summed E-state index contributed by atoms with van der Waals surface area (Å²) in [6.07, 6.45) is -9.14. The van der Waals surface area contributed by atoms with Crippen LogP contribution >= 0.6 is 0 Å². The standard InChI is InChI=1S/C10H5F6N3/c11-9(12,13)6-7(10(14,15)16)19-8(18-6)5-3-1-2-4-17-5/h1-4H,(H,18,19). The van der Waals surface area contributed by atoms with Crippen LogP contribution in [0.15, 0.2) is 24.4 Å². The van der Waals surface area contributed by atoms with Crippen molar-refractivity contribution < 1.29 is 26.3 Å². The van der Waals surface area contributed by atoms with Gasteiger partial charge in [0.2, 0.25) is 0 Å². The van der Waals surface area contributed by atoms with Gasteiger partial charge in [0.05, 0.1) is 0 Å². The molecule has 102 valence electrons. The number of hydrogen-bond acceptors (Lipinski definition) is 2. The third-order valence-electron chi connectivity index (χ3n) is 2.16. The molecule has 19 heavy (non-hydrogen) atoms. The third kappa shape index (κ3) is 2.69. The van der Waals surface area contributed by atoms with Crippen LogP contribution in [0.3, 0.4) is 0 Å². The van der Waals surface area contributed by atoms with Crippen LogP contribution in [-0.4, -0.2) is 15.0 Å². The van der Waals surface area contributed by atoms with E-state index in [9.17, 15) is 26.3 Å². The minimum Gasteiger partial charge on any atom is -0.333 e. The molecule has 0 unspecified atom stereocenters. The number of nitrogens with one attached hydrogen (secondary N) is 1. The number of imidazole rings is 1. The Hall–Kier alpha value is -2.06. The van der Waals surface area contributed by atoms with Crippen LogP contribution in [0.2, 0.25) is 0 Å². The van der Waals surface area contributed by atoms with Gasteiger partial charge in [0.1, 0.15) is 5.69 Å². The molecule has 3 nitrogen and oxygen atoms in total. The van der Waals surface area contributed by atoms with E-state index in [-0.39, 0.29) is 5.69 Å². The van der Waals surface area contributed by atoms with Crippen molar-refractivity contribution in [3.8, 4) is 11.5 Å². The highest BCUT2D eigenvalue weighted by Gasteiger charge is 2.47. The van der Waals surface area contributed by atoms with Gasteiger partial charge in [0.25, 0.3) is 0 Å². The molecule has 0 aliphatic carbocycles. The number of H-pyrrole nitrogens is 1. The minimum absolute atomic E-state index is 0.108. The van der Waals surface area contributed by atoms with Crippen molar-refractivity contribution in [2.45, 2.75) is 12.4 Å². The Bertz CT molecular complexity index is 538. The molecule has 0 aliphatic rings. The molecule has 0 saturated heterocycles. The van der Waals surface area contributed by atoms with Gasteiger partial charge in [-0.3, -0.25) is 4.98 Å². The average Bonchev–Trinajstić information content (AvgIpc) is 2.74. The summed E-state index contributed by atoms with van der Waals surface area (Å²) in [5, 5.41) is 0. The van der Waals surface area contributed by atoms with E-state index in [0.717, 1.165) is 0 Å². The third-order valence-corrected chi connectivity index (χ3v) is 2.16. The molecule has 1 N–H and O–H groups in total. The molecule has 0 fully saturated rings. The fourth-order valence-electron chi connectivity index (χ4n) is 1.41. The summed E-state index contributed by atoms with van der Waals surface area (Å²) in [5.74, 6) is -0.583. The van der Waals surface area contributed by atoms with Crippen LogP contribution < -0.4 is 0 Å². The smallest absolute Gasteiger partial charge is 0.333 e. The van der Waals surface area contributed by atoms with E-state index in [1.165, 1.54) is 24.4 Å². The predicted molar refractivity (Wildman–Crippen MR) is 51.8 cm³/mol. The Balaban J connectivity index is 2.59. The maximum atomic E-state index is 12.5. The molecule has 0 atom stereocenters. The summed E-state index contributed by atoms with van der Waals surface area (Å²) in [6.45, 7) is 0. The topological polar surface area (TPSA) is 41.6 Å². The highest BCUT2D eigenvalue weighted by atomic mass is 19.4. The lowest BCUT2D eigenvalue weighted by Gasteiger charge is -2.08. The lowest BCUT2D eigenvalue weighted by Crippen LogP contribution is -2.16. The zero-order valence-electron chi connectivity index (χ0n) is 8.97. The summed E-state index contributed by atoms with van der Waals surface area (Å²) in [7, 11) is 0. The fraction of sp³-hybridized carbons (Fsp3) is 0.200. The maximum absolute atomic E-state index is 12.5. The van der Waals surface area contributed by atoms with Crippen molar-refractivity contribution >= 4 is 0 Å². The van der Waals surface area contributed by atoms with Crippen molar-refractivity contribution in [1.29, 1.82) is 0 Å². The van der Waals surface area contributed by atoms with Gasteiger partial charge in [-0.25, -0.2) is 4.98 Å². The quantitative estimate of drug-likeness (QED) is 0.813. The number of aromatic nitrogens is 3. The Kier molecular flexibility index (Phi) is 2.99. The first-order valence-electron chi connectivity index (χ1n) is 4.85. The van der Waals surface area contributed by atoms with Gasteiger partial charge in [-0.05, 0) is 12.1 Å². The molecule has 2 aromatic heterocycles. The first kappa shape index (κ1) is 13.4. The van der Waals surface area contributed by atoms with Crippen LogP contribution in [0.4, 0.5) is 26.3 Å². The Labute approximate surface area is 102 Å². The molecule has 0 aromatic carbocycles. The molecule has 2 heterocycles. The molecule has 0 spiro atoms. The molecule has 0 amide bonds. The lowest BCUT2D eigenvalue weighted by atomic mass is 10.3. The van der Waals surface area contributed by atoms with Crippen molar-refractivity contribution in [2.24, 2.45) is 0 Å². The van der Waals surface area contributed by atoms with Crippen LogP contribution in [0.5, 0.6) is 0 Å². The highest BCUT2D eigenvalue weighted by molar-refractivity contribution is 5.50. The maximum Gasteiger partial charge on any atom is 0.435 e. The summed E-state index contributed by atoms with van der Waals surface area (Å²) >= 11 is 0. The molecule has 0 saturated carbocycles. The van der Waals surface area contributed by atoms with Crippen molar-refractivity contribution in [1.82, 2.24) is 15.0 Å². The number of pyridine rings is 1. The summed E-state index contributed by atoms with van der Waals surface area (Å²) in [6, 6.07) is 4.15. The van der Waals surface area contributed by atoms with Gasteiger partial charge in [-0.1, -0.05) is 6.07 Å². The molecule has 9 heteroatoms. The molecule has 2 aromatic rings. The van der Waals surface area contributed by atoms with Crippen LogP contribution in [-0.2, 0) is 12.4 Å². The molecular weight excluding hydrogens is 276 g/mol. The largest absolute Gasteiger partial charge is 0.435 e. The van der Waals surface area contributed by atoms with Crippen molar-refractivity contribution in [2.75, 3.05) is 0 Å². The molecule has 0 aliphatic heterocycles. The van der Waals surface area contributed by atoms with Gasteiger partial charge in [0, 0.05) is 6.20 Å². The second-order valence-corrected chi connectivity index (χ2v) is 3.52. The van der Waals surface area contributed by atoms with Crippen LogP contribution in [0.25, 0.3) is 11.5 Å². The zero-order valence-corrected chi connectivity index (χ0v) is 8.97. The Morgan fingerprint density at radius 3 is 2.05 bits per heavy atom. The van der Waals surface area contributed by atoms with Crippen LogP contribution in [0, 0.1) is 0 Å². The van der Waals surface area contributed by atoms with E-state index in [4.69, 9.17) is 0 Å². The second-order valence-electron chi connectivity index (χ2n) is 3.52. The summed E-state index contributed by atoms with van der Waals surface area (Å²) < 4.78 is 75.1. The number of halogens is 6. The number of alkyl halides is 6. The van der Waals surface area contributed by atoms with Gasteiger partial charge in [-0.15, -0.1) is 0 Å².